The van der Waals surface area contributed by atoms with E-state index in [9.17, 15) is 14.7 Å². The van der Waals surface area contributed by atoms with Crippen LogP contribution in [0.2, 0.25) is 10.0 Å². The highest BCUT2D eigenvalue weighted by Crippen LogP contribution is 2.36. The molecule has 2 aromatic carbocycles. The molecule has 6 N–H and O–H groups in total. The van der Waals surface area contributed by atoms with E-state index in [1.54, 1.807) is 0 Å². The summed E-state index contributed by atoms with van der Waals surface area (Å²) in [7, 11) is 0. The number of fused-ring (bicyclic) bond motifs is 1. The van der Waals surface area contributed by atoms with Crippen LogP contribution < -0.4 is 15.8 Å². The Kier molecular flexibility index (Phi) is 6.73. The number of aliphatic hydroxyl groups is 3. The number of nitrogens with two attached hydrogens (primary N) is 1. The summed E-state index contributed by atoms with van der Waals surface area (Å²) >= 11 is 12.0. The molecule has 0 aliphatic heterocycles. The first-order valence-electron chi connectivity index (χ1n) is 8.87. The van der Waals surface area contributed by atoms with Crippen molar-refractivity contribution in [2.45, 2.75) is 5.60 Å². The lowest BCUT2D eigenvalue weighted by atomic mass is 10.1. The SMILES string of the molecule is NC(=O)Nc1c(C(=O)c2ccc(Cl)cc2Cl)oc2cc(OCC(O)(CO)CO)ccc12. The Labute approximate surface area is 185 Å². The molecule has 11 heteroatoms. The third-order valence-corrected chi connectivity index (χ3v) is 4.94. The maximum Gasteiger partial charge on any atom is 0.316 e. The molecule has 0 aliphatic rings. The van der Waals surface area contributed by atoms with E-state index in [1.807, 2.05) is 0 Å². The van der Waals surface area contributed by atoms with Crippen molar-refractivity contribution >= 4 is 51.7 Å². The minimum Gasteiger partial charge on any atom is -0.490 e. The van der Waals surface area contributed by atoms with Gasteiger partial charge in [0.05, 0.1) is 18.2 Å². The van der Waals surface area contributed by atoms with Gasteiger partial charge >= 0.3 is 6.03 Å². The van der Waals surface area contributed by atoms with Gasteiger partial charge in [-0.1, -0.05) is 23.2 Å². The predicted molar refractivity (Wildman–Crippen MR) is 114 cm³/mol. The average molecular weight is 469 g/mol. The largest absolute Gasteiger partial charge is 0.490 e. The smallest absolute Gasteiger partial charge is 0.316 e. The first-order chi connectivity index (χ1) is 14.7. The molecule has 9 nitrogen and oxygen atoms in total. The first kappa shape index (κ1) is 22.9. The number of furan rings is 1. The molecule has 0 unspecified atom stereocenters. The van der Waals surface area contributed by atoms with Gasteiger partial charge in [0.2, 0.25) is 5.78 Å². The molecule has 1 heterocycles. The van der Waals surface area contributed by atoms with Gasteiger partial charge in [-0.25, -0.2) is 4.79 Å². The molecule has 0 saturated carbocycles. The average Bonchev–Trinajstić information content (AvgIpc) is 3.08. The summed E-state index contributed by atoms with van der Waals surface area (Å²) in [5.74, 6) is -0.605. The number of benzene rings is 2. The Morgan fingerprint density at radius 1 is 1.13 bits per heavy atom. The van der Waals surface area contributed by atoms with E-state index >= 15 is 0 Å². The Bertz CT molecular complexity index is 1140. The van der Waals surface area contributed by atoms with Gasteiger partial charge in [-0.3, -0.25) is 4.79 Å². The zero-order valence-electron chi connectivity index (χ0n) is 15.9. The molecule has 164 valence electrons. The fourth-order valence-corrected chi connectivity index (χ4v) is 3.22. The van der Waals surface area contributed by atoms with Crippen LogP contribution in [0.1, 0.15) is 16.1 Å². The van der Waals surface area contributed by atoms with Crippen molar-refractivity contribution in [2.24, 2.45) is 5.73 Å². The summed E-state index contributed by atoms with van der Waals surface area (Å²) in [5.41, 5.74) is 3.73. The van der Waals surface area contributed by atoms with Crippen LogP contribution in [0, 0.1) is 0 Å². The third-order valence-electron chi connectivity index (χ3n) is 4.39. The number of ketones is 1. The van der Waals surface area contributed by atoms with Crippen molar-refractivity contribution in [1.82, 2.24) is 0 Å². The number of primary amides is 1. The zero-order valence-corrected chi connectivity index (χ0v) is 17.4. The van der Waals surface area contributed by atoms with Crippen LogP contribution in [-0.2, 0) is 0 Å². The highest BCUT2D eigenvalue weighted by atomic mass is 35.5. The van der Waals surface area contributed by atoms with Crippen LogP contribution >= 0.6 is 23.2 Å². The van der Waals surface area contributed by atoms with Gasteiger partial charge < -0.3 is 35.5 Å². The number of ether oxygens (including phenoxy) is 1. The number of rotatable bonds is 8. The molecule has 31 heavy (non-hydrogen) atoms. The van der Waals surface area contributed by atoms with Gasteiger partial charge in [0, 0.05) is 22.0 Å². The topological polar surface area (TPSA) is 155 Å². The van der Waals surface area contributed by atoms with E-state index in [0.29, 0.717) is 10.4 Å². The van der Waals surface area contributed by atoms with Crippen molar-refractivity contribution < 1.29 is 34.1 Å². The normalized spacial score (nSPS) is 11.5. The van der Waals surface area contributed by atoms with Crippen LogP contribution in [0.15, 0.2) is 40.8 Å². The Hall–Kier alpha value is -2.82. The molecule has 3 rings (SSSR count). The van der Waals surface area contributed by atoms with Gasteiger partial charge in [0.15, 0.2) is 5.76 Å². The van der Waals surface area contributed by atoms with Crippen molar-refractivity contribution in [1.29, 1.82) is 0 Å². The zero-order chi connectivity index (χ0) is 22.8. The molecule has 0 fully saturated rings. The summed E-state index contributed by atoms with van der Waals surface area (Å²) < 4.78 is 11.1. The monoisotopic (exact) mass is 468 g/mol. The van der Waals surface area contributed by atoms with Crippen LogP contribution in [0.5, 0.6) is 5.75 Å². The molecular formula is C20H18Cl2N2O7. The molecule has 0 radical (unpaired) electrons. The number of carbonyl (C=O) groups is 2. The van der Waals surface area contributed by atoms with Crippen LogP contribution in [0.25, 0.3) is 11.0 Å². The summed E-state index contributed by atoms with van der Waals surface area (Å²) in [6.07, 6.45) is 0. The predicted octanol–water partition coefficient (Wildman–Crippen LogP) is 2.56. The Balaban J connectivity index is 2.02. The fraction of sp³-hybridized carbons (Fsp3) is 0.200. The summed E-state index contributed by atoms with van der Waals surface area (Å²) in [6, 6.07) is 7.81. The second kappa shape index (κ2) is 9.13. The second-order valence-corrected chi connectivity index (χ2v) is 7.58. The number of carbonyl (C=O) groups excluding carboxylic acids is 2. The number of urea groups is 1. The lowest BCUT2D eigenvalue weighted by molar-refractivity contribution is -0.0806. The van der Waals surface area contributed by atoms with E-state index in [0.717, 1.165) is 0 Å². The number of nitrogens with one attached hydrogen (secondary N) is 1. The van der Waals surface area contributed by atoms with E-state index < -0.39 is 37.2 Å². The number of amides is 2. The molecule has 0 atom stereocenters. The molecule has 3 aromatic rings. The standard InChI is InChI=1S/C20H18Cl2N2O7/c21-10-1-3-12(14(22)5-10)17(27)18-16(24-19(23)28)13-4-2-11(6-15(13)31-18)30-9-20(29,7-25)8-26/h1-6,25-26,29H,7-9H2,(H3,23,24,28). The number of hydrogen-bond donors (Lipinski definition) is 5. The maximum absolute atomic E-state index is 13.0. The van der Waals surface area contributed by atoms with Gasteiger partial charge in [-0.15, -0.1) is 0 Å². The number of aliphatic hydroxyl groups excluding tert-OH is 2. The van der Waals surface area contributed by atoms with Crippen LogP contribution in [0.3, 0.4) is 0 Å². The van der Waals surface area contributed by atoms with Gasteiger partial charge in [0.25, 0.3) is 0 Å². The number of hydrogen-bond acceptors (Lipinski definition) is 7. The summed E-state index contributed by atoms with van der Waals surface area (Å²) in [4.78, 5) is 24.5. The van der Waals surface area contributed by atoms with Crippen LogP contribution in [-0.4, -0.2) is 52.6 Å². The highest BCUT2D eigenvalue weighted by molar-refractivity contribution is 6.37. The molecule has 0 aliphatic carbocycles. The van der Waals surface area contributed by atoms with E-state index in [4.69, 9.17) is 48.3 Å². The van der Waals surface area contributed by atoms with Crippen molar-refractivity contribution in [3.63, 3.8) is 0 Å². The minimum absolute atomic E-state index is 0.0484. The van der Waals surface area contributed by atoms with Crippen molar-refractivity contribution in [3.05, 3.63) is 57.8 Å². The second-order valence-electron chi connectivity index (χ2n) is 6.74. The van der Waals surface area contributed by atoms with Gasteiger partial charge in [0.1, 0.15) is 29.2 Å². The molecule has 0 saturated heterocycles. The Morgan fingerprint density at radius 3 is 2.45 bits per heavy atom. The molecule has 0 spiro atoms. The van der Waals surface area contributed by atoms with Crippen molar-refractivity contribution in [3.8, 4) is 5.75 Å². The molecule has 0 bridgehead atoms. The third kappa shape index (κ3) is 4.92. The Morgan fingerprint density at radius 2 is 1.84 bits per heavy atom. The lowest BCUT2D eigenvalue weighted by Crippen LogP contribution is -2.43. The lowest BCUT2D eigenvalue weighted by Gasteiger charge is -2.23. The van der Waals surface area contributed by atoms with Gasteiger partial charge in [-0.2, -0.15) is 0 Å². The van der Waals surface area contributed by atoms with E-state index in [1.165, 1.54) is 36.4 Å². The first-order valence-corrected chi connectivity index (χ1v) is 9.62. The van der Waals surface area contributed by atoms with E-state index in [-0.39, 0.29) is 33.4 Å². The van der Waals surface area contributed by atoms with Crippen molar-refractivity contribution in [2.75, 3.05) is 25.1 Å². The molecular weight excluding hydrogens is 451 g/mol. The minimum atomic E-state index is -1.83. The summed E-state index contributed by atoms with van der Waals surface area (Å²) in [5, 5.41) is 31.4. The van der Waals surface area contributed by atoms with Gasteiger partial charge in [-0.05, 0) is 30.3 Å². The van der Waals surface area contributed by atoms with Crippen LogP contribution in [0.4, 0.5) is 10.5 Å². The number of anilines is 1. The summed E-state index contributed by atoms with van der Waals surface area (Å²) in [6.45, 7) is -1.82. The fourth-order valence-electron chi connectivity index (χ4n) is 2.73. The molecule has 1 aromatic heterocycles. The number of halogens is 2. The van der Waals surface area contributed by atoms with E-state index in [2.05, 4.69) is 5.32 Å². The maximum atomic E-state index is 13.0. The quantitative estimate of drug-likeness (QED) is 0.318. The molecule has 2 amide bonds. The highest BCUT2D eigenvalue weighted by Gasteiger charge is 2.27.